The van der Waals surface area contributed by atoms with Crippen molar-refractivity contribution in [2.45, 2.75) is 5.75 Å². The van der Waals surface area contributed by atoms with Gasteiger partial charge in [0, 0.05) is 24.2 Å². The number of ether oxygens (including phenoxy) is 1. The van der Waals surface area contributed by atoms with E-state index in [9.17, 15) is 4.79 Å². The molecule has 0 spiro atoms. The van der Waals surface area contributed by atoms with Gasteiger partial charge in [-0.3, -0.25) is 10.2 Å². The first-order valence-corrected chi connectivity index (χ1v) is 5.59. The van der Waals surface area contributed by atoms with Gasteiger partial charge < -0.3 is 9.15 Å². The summed E-state index contributed by atoms with van der Waals surface area (Å²) in [5.41, 5.74) is 2.89. The molecule has 0 unspecified atom stereocenters. The first-order valence-electron chi connectivity index (χ1n) is 4.43. The van der Waals surface area contributed by atoms with Gasteiger partial charge in [0.25, 0.3) is 0 Å². The van der Waals surface area contributed by atoms with Crippen molar-refractivity contribution in [2.24, 2.45) is 5.84 Å². The van der Waals surface area contributed by atoms with Crippen molar-refractivity contribution >= 4 is 17.7 Å². The van der Waals surface area contributed by atoms with E-state index in [1.165, 1.54) is 6.26 Å². The molecule has 0 saturated heterocycles. The molecule has 0 aliphatic carbocycles. The third-order valence-electron chi connectivity index (χ3n) is 1.77. The summed E-state index contributed by atoms with van der Waals surface area (Å²) >= 11 is 1.67. The highest BCUT2D eigenvalue weighted by atomic mass is 32.2. The molecule has 1 rings (SSSR count). The molecule has 1 aromatic rings. The summed E-state index contributed by atoms with van der Waals surface area (Å²) in [4.78, 5) is 11.2. The topological polar surface area (TPSA) is 77.5 Å². The second-order valence-corrected chi connectivity index (χ2v) is 3.90. The van der Waals surface area contributed by atoms with Crippen LogP contribution in [0.5, 0.6) is 0 Å². The maximum absolute atomic E-state index is 11.2. The van der Waals surface area contributed by atoms with Gasteiger partial charge >= 0.3 is 5.91 Å². The van der Waals surface area contributed by atoms with Crippen LogP contribution in [0.3, 0.4) is 0 Å². The summed E-state index contributed by atoms with van der Waals surface area (Å²) in [6.45, 7) is 0.695. The zero-order chi connectivity index (χ0) is 11.1. The summed E-state index contributed by atoms with van der Waals surface area (Å²) in [6, 6.07) is 1.77. The molecule has 0 radical (unpaired) electrons. The van der Waals surface area contributed by atoms with Crippen LogP contribution >= 0.6 is 11.8 Å². The largest absolute Gasteiger partial charge is 0.459 e. The lowest BCUT2D eigenvalue weighted by Crippen LogP contribution is -2.30. The first-order chi connectivity index (χ1) is 7.29. The van der Waals surface area contributed by atoms with Crippen molar-refractivity contribution in [3.8, 4) is 0 Å². The molecule has 0 aliphatic heterocycles. The minimum atomic E-state index is -0.401. The number of amides is 1. The quantitative estimate of drug-likeness (QED) is 0.326. The van der Waals surface area contributed by atoms with Crippen molar-refractivity contribution in [3.05, 3.63) is 23.7 Å². The summed E-state index contributed by atoms with van der Waals surface area (Å²) in [5, 5.41) is 0. The van der Waals surface area contributed by atoms with Gasteiger partial charge in [0.1, 0.15) is 0 Å². The molecule has 5 nitrogen and oxygen atoms in total. The Balaban J connectivity index is 2.46. The van der Waals surface area contributed by atoms with E-state index in [1.54, 1.807) is 24.9 Å². The Kier molecular flexibility index (Phi) is 5.23. The molecule has 0 aromatic carbocycles. The van der Waals surface area contributed by atoms with E-state index in [2.05, 4.69) is 0 Å². The third-order valence-corrected chi connectivity index (χ3v) is 2.74. The maximum atomic E-state index is 11.2. The number of nitrogens with one attached hydrogen (secondary N) is 1. The molecule has 1 aromatic heterocycles. The van der Waals surface area contributed by atoms with Crippen LogP contribution in [0.25, 0.3) is 0 Å². The molecular formula is C9H14N2O3S. The second-order valence-electron chi connectivity index (χ2n) is 2.79. The molecule has 0 aliphatic rings. The van der Waals surface area contributed by atoms with Crippen LogP contribution in [-0.4, -0.2) is 25.4 Å². The molecule has 1 heterocycles. The lowest BCUT2D eigenvalue weighted by atomic mass is 10.3. The van der Waals surface area contributed by atoms with Crippen LogP contribution in [0.2, 0.25) is 0 Å². The zero-order valence-electron chi connectivity index (χ0n) is 8.49. The van der Waals surface area contributed by atoms with E-state index in [4.69, 9.17) is 15.0 Å². The predicted molar refractivity (Wildman–Crippen MR) is 58.4 cm³/mol. The molecule has 15 heavy (non-hydrogen) atoms. The third kappa shape index (κ3) is 3.58. The average molecular weight is 230 g/mol. The fourth-order valence-electron chi connectivity index (χ4n) is 1.04. The Morgan fingerprint density at radius 1 is 1.73 bits per heavy atom. The van der Waals surface area contributed by atoms with Crippen molar-refractivity contribution in [1.82, 2.24) is 5.43 Å². The fraction of sp³-hybridized carbons (Fsp3) is 0.444. The molecule has 0 atom stereocenters. The van der Waals surface area contributed by atoms with E-state index < -0.39 is 5.91 Å². The van der Waals surface area contributed by atoms with Crippen LogP contribution in [-0.2, 0) is 10.5 Å². The van der Waals surface area contributed by atoms with Gasteiger partial charge in [0.15, 0.2) is 5.76 Å². The molecule has 84 valence electrons. The number of furan rings is 1. The Morgan fingerprint density at radius 3 is 3.20 bits per heavy atom. The first kappa shape index (κ1) is 12.1. The van der Waals surface area contributed by atoms with Crippen molar-refractivity contribution in [2.75, 3.05) is 19.5 Å². The van der Waals surface area contributed by atoms with E-state index >= 15 is 0 Å². The van der Waals surface area contributed by atoms with Gasteiger partial charge in [0.2, 0.25) is 0 Å². The van der Waals surface area contributed by atoms with Gasteiger partial charge in [0.05, 0.1) is 12.9 Å². The normalized spacial score (nSPS) is 10.3. The fourth-order valence-corrected chi connectivity index (χ4v) is 1.91. The molecule has 3 N–H and O–H groups in total. The number of carbonyl (C=O) groups is 1. The summed E-state index contributed by atoms with van der Waals surface area (Å²) in [5.74, 6) is 6.49. The monoisotopic (exact) mass is 230 g/mol. The van der Waals surface area contributed by atoms with Gasteiger partial charge in [-0.2, -0.15) is 11.8 Å². The number of nitrogen functional groups attached to an aromatic ring is 1. The van der Waals surface area contributed by atoms with Crippen molar-refractivity contribution in [1.29, 1.82) is 0 Å². The molecule has 6 heteroatoms. The van der Waals surface area contributed by atoms with E-state index in [0.29, 0.717) is 12.4 Å². The number of methoxy groups -OCH3 is 1. The average Bonchev–Trinajstić information content (AvgIpc) is 2.71. The standard InChI is InChI=1S/C9H14N2O3S/c1-13-4-5-15-6-7-2-3-14-8(7)9(12)11-10/h2-3H,4-6,10H2,1H3,(H,11,12). The summed E-state index contributed by atoms with van der Waals surface area (Å²) < 4.78 is 9.95. The number of carbonyl (C=O) groups excluding carboxylic acids is 1. The van der Waals surface area contributed by atoms with Gasteiger partial charge in [-0.25, -0.2) is 5.84 Å². The van der Waals surface area contributed by atoms with E-state index in [1.807, 2.05) is 5.43 Å². The number of thioether (sulfide) groups is 1. The van der Waals surface area contributed by atoms with Crippen LogP contribution in [0, 0.1) is 0 Å². The smallest absolute Gasteiger partial charge is 0.301 e. The molecule has 0 bridgehead atoms. The van der Waals surface area contributed by atoms with Gasteiger partial charge in [-0.1, -0.05) is 0 Å². The predicted octanol–water partition coefficient (Wildman–Crippen LogP) is 0.763. The minimum absolute atomic E-state index is 0.280. The number of hydrazine groups is 1. The van der Waals surface area contributed by atoms with Gasteiger partial charge in [-0.05, 0) is 6.07 Å². The van der Waals surface area contributed by atoms with Crippen LogP contribution in [0.15, 0.2) is 16.7 Å². The highest BCUT2D eigenvalue weighted by Crippen LogP contribution is 2.17. The highest BCUT2D eigenvalue weighted by Gasteiger charge is 2.13. The Labute approximate surface area is 92.3 Å². The van der Waals surface area contributed by atoms with Crippen LogP contribution < -0.4 is 11.3 Å². The Morgan fingerprint density at radius 2 is 2.53 bits per heavy atom. The lowest BCUT2D eigenvalue weighted by molar-refractivity contribution is 0.0925. The summed E-state index contributed by atoms with van der Waals surface area (Å²) in [6.07, 6.45) is 1.48. The van der Waals surface area contributed by atoms with E-state index in [-0.39, 0.29) is 5.76 Å². The van der Waals surface area contributed by atoms with Crippen molar-refractivity contribution < 1.29 is 13.9 Å². The van der Waals surface area contributed by atoms with Crippen molar-refractivity contribution in [3.63, 3.8) is 0 Å². The molecule has 0 fully saturated rings. The van der Waals surface area contributed by atoms with E-state index in [0.717, 1.165) is 11.3 Å². The zero-order valence-corrected chi connectivity index (χ0v) is 9.30. The molecule has 0 saturated carbocycles. The Bertz CT molecular complexity index is 314. The number of hydrogen-bond acceptors (Lipinski definition) is 5. The second kappa shape index (κ2) is 6.49. The molecule has 1 amide bonds. The number of rotatable bonds is 6. The maximum Gasteiger partial charge on any atom is 0.301 e. The summed E-state index contributed by atoms with van der Waals surface area (Å²) in [7, 11) is 1.66. The molecular weight excluding hydrogens is 216 g/mol. The van der Waals surface area contributed by atoms with Gasteiger partial charge in [-0.15, -0.1) is 0 Å². The minimum Gasteiger partial charge on any atom is -0.459 e. The lowest BCUT2D eigenvalue weighted by Gasteiger charge is -2.01. The van der Waals surface area contributed by atoms with Crippen LogP contribution in [0.1, 0.15) is 16.1 Å². The highest BCUT2D eigenvalue weighted by molar-refractivity contribution is 7.98. The SMILES string of the molecule is COCCSCc1ccoc1C(=O)NN. The van der Waals surface area contributed by atoms with Crippen LogP contribution in [0.4, 0.5) is 0 Å². The Hall–Kier alpha value is -0.980. The number of hydrogen-bond donors (Lipinski definition) is 2. The number of nitrogens with two attached hydrogens (primary N) is 1.